The Morgan fingerprint density at radius 2 is 2.03 bits per heavy atom. The van der Waals surface area contributed by atoms with Crippen molar-refractivity contribution in [3.8, 4) is 0 Å². The fraction of sp³-hybridized carbons (Fsp3) is 0.550. The van der Waals surface area contributed by atoms with Gasteiger partial charge in [0, 0.05) is 36.8 Å². The van der Waals surface area contributed by atoms with Crippen LogP contribution in [0.4, 0.5) is 11.4 Å². The lowest BCUT2D eigenvalue weighted by atomic mass is 9.67. The second kappa shape index (κ2) is 7.05. The zero-order valence-corrected chi connectivity index (χ0v) is 17.3. The number of hydrogen-bond donors (Lipinski definition) is 1. The molecule has 0 bridgehead atoms. The summed E-state index contributed by atoms with van der Waals surface area (Å²) < 4.78 is 0. The van der Waals surface area contributed by atoms with Crippen molar-refractivity contribution in [1.82, 2.24) is 10.2 Å². The van der Waals surface area contributed by atoms with Crippen LogP contribution >= 0.6 is 12.2 Å². The Balaban J connectivity index is 1.91. The molecule has 0 saturated carbocycles. The summed E-state index contributed by atoms with van der Waals surface area (Å²) in [6, 6.07) is 4.27. The van der Waals surface area contributed by atoms with Gasteiger partial charge in [0.05, 0.1) is 11.0 Å². The van der Waals surface area contributed by atoms with E-state index in [-0.39, 0.29) is 35.2 Å². The number of benzene rings is 1. The van der Waals surface area contributed by atoms with E-state index >= 15 is 0 Å². The highest BCUT2D eigenvalue weighted by molar-refractivity contribution is 7.80. The van der Waals surface area contributed by atoms with Crippen LogP contribution < -0.4 is 10.2 Å². The molecule has 2 fully saturated rings. The number of nitrogens with one attached hydrogen (secondary N) is 1. The van der Waals surface area contributed by atoms with Crippen molar-refractivity contribution in [2.45, 2.75) is 58.0 Å². The molecule has 4 rings (SSSR count). The van der Waals surface area contributed by atoms with Gasteiger partial charge in [0.1, 0.15) is 0 Å². The maximum Gasteiger partial charge on any atom is 0.269 e. The SMILES string of the molecule is CC(C)N1C(=O)[C@@]2(Cc3cc([N+](=O)[O-])ccc3N3CCCCC[C@@H]32)C(=O)NC1=S. The summed E-state index contributed by atoms with van der Waals surface area (Å²) in [7, 11) is 0. The van der Waals surface area contributed by atoms with Crippen LogP contribution in [-0.4, -0.2) is 45.4 Å². The lowest BCUT2D eigenvalue weighted by molar-refractivity contribution is -0.384. The minimum absolute atomic E-state index is 0.0351. The predicted molar refractivity (Wildman–Crippen MR) is 112 cm³/mol. The van der Waals surface area contributed by atoms with Gasteiger partial charge in [-0.25, -0.2) is 0 Å². The number of fused-ring (bicyclic) bond motifs is 4. The Labute approximate surface area is 174 Å². The molecule has 0 aliphatic carbocycles. The van der Waals surface area contributed by atoms with Gasteiger partial charge in [-0.05, 0) is 50.5 Å². The maximum absolute atomic E-state index is 13.8. The molecule has 2 atom stereocenters. The van der Waals surface area contributed by atoms with Gasteiger partial charge in [0.25, 0.3) is 5.69 Å². The number of hydrogen-bond acceptors (Lipinski definition) is 6. The lowest BCUT2D eigenvalue weighted by Crippen LogP contribution is -2.72. The number of rotatable bonds is 2. The minimum Gasteiger partial charge on any atom is -0.367 e. The van der Waals surface area contributed by atoms with Crippen molar-refractivity contribution in [1.29, 1.82) is 0 Å². The first-order valence-corrected chi connectivity index (χ1v) is 10.4. The van der Waals surface area contributed by atoms with E-state index in [2.05, 4.69) is 10.2 Å². The molecule has 154 valence electrons. The van der Waals surface area contributed by atoms with Crippen molar-refractivity contribution in [3.63, 3.8) is 0 Å². The number of thiocarbonyl (C=S) groups is 1. The lowest BCUT2D eigenvalue weighted by Gasteiger charge is -2.52. The zero-order valence-electron chi connectivity index (χ0n) is 16.5. The Morgan fingerprint density at radius 3 is 2.72 bits per heavy atom. The highest BCUT2D eigenvalue weighted by Crippen LogP contribution is 2.48. The first-order valence-electron chi connectivity index (χ1n) is 10.0. The Bertz CT molecular complexity index is 918. The average molecular weight is 417 g/mol. The Kier molecular flexibility index (Phi) is 4.80. The van der Waals surface area contributed by atoms with E-state index in [4.69, 9.17) is 12.2 Å². The number of nitro benzene ring substituents is 1. The Morgan fingerprint density at radius 1 is 1.28 bits per heavy atom. The molecule has 0 radical (unpaired) electrons. The molecule has 0 unspecified atom stereocenters. The number of anilines is 1. The number of non-ortho nitro benzene ring substituents is 1. The summed E-state index contributed by atoms with van der Waals surface area (Å²) in [4.78, 5) is 41.6. The van der Waals surface area contributed by atoms with Crippen LogP contribution in [0.1, 0.15) is 45.1 Å². The van der Waals surface area contributed by atoms with Crippen molar-refractivity contribution in [2.24, 2.45) is 5.41 Å². The van der Waals surface area contributed by atoms with Gasteiger partial charge < -0.3 is 10.2 Å². The summed E-state index contributed by atoms with van der Waals surface area (Å²) in [5.74, 6) is -0.686. The molecule has 3 aliphatic heterocycles. The van der Waals surface area contributed by atoms with E-state index in [0.29, 0.717) is 18.5 Å². The summed E-state index contributed by atoms with van der Waals surface area (Å²) in [6.07, 6.45) is 3.76. The molecule has 0 aromatic heterocycles. The summed E-state index contributed by atoms with van der Waals surface area (Å²) in [5, 5.41) is 14.2. The molecule has 9 heteroatoms. The van der Waals surface area contributed by atoms with E-state index in [1.54, 1.807) is 6.07 Å². The first kappa shape index (κ1) is 19.8. The van der Waals surface area contributed by atoms with Crippen LogP contribution in [0.5, 0.6) is 0 Å². The molecule has 1 aromatic rings. The number of carbonyl (C=O) groups is 2. The Hall–Kier alpha value is -2.55. The van der Waals surface area contributed by atoms with E-state index < -0.39 is 16.2 Å². The molecule has 2 saturated heterocycles. The topological polar surface area (TPSA) is 95.8 Å². The fourth-order valence-electron chi connectivity index (χ4n) is 5.03. The van der Waals surface area contributed by atoms with Gasteiger partial charge in [-0.3, -0.25) is 24.6 Å². The number of nitro groups is 1. The quantitative estimate of drug-likeness (QED) is 0.345. The van der Waals surface area contributed by atoms with Gasteiger partial charge in [-0.2, -0.15) is 0 Å². The molecular weight excluding hydrogens is 392 g/mol. The number of carbonyl (C=O) groups excluding carboxylic acids is 2. The van der Waals surface area contributed by atoms with E-state index in [9.17, 15) is 19.7 Å². The van der Waals surface area contributed by atoms with Gasteiger partial charge >= 0.3 is 0 Å². The van der Waals surface area contributed by atoms with Gasteiger partial charge in [-0.15, -0.1) is 0 Å². The molecule has 1 N–H and O–H groups in total. The summed E-state index contributed by atoms with van der Waals surface area (Å²) >= 11 is 5.29. The van der Waals surface area contributed by atoms with Gasteiger partial charge in [0.15, 0.2) is 10.5 Å². The van der Waals surface area contributed by atoms with Crippen molar-refractivity contribution >= 4 is 40.5 Å². The number of amides is 2. The van der Waals surface area contributed by atoms with Crippen LogP contribution in [0.25, 0.3) is 0 Å². The van der Waals surface area contributed by atoms with Crippen LogP contribution in [0.2, 0.25) is 0 Å². The van der Waals surface area contributed by atoms with Crippen LogP contribution in [-0.2, 0) is 16.0 Å². The second-order valence-electron chi connectivity index (χ2n) is 8.30. The van der Waals surface area contributed by atoms with E-state index in [1.807, 2.05) is 13.8 Å². The average Bonchev–Trinajstić information content (AvgIpc) is 2.91. The predicted octanol–water partition coefficient (Wildman–Crippen LogP) is 2.54. The third kappa shape index (κ3) is 2.90. The van der Waals surface area contributed by atoms with Crippen molar-refractivity contribution in [2.75, 3.05) is 11.4 Å². The largest absolute Gasteiger partial charge is 0.367 e. The van der Waals surface area contributed by atoms with E-state index in [0.717, 1.165) is 24.9 Å². The highest BCUT2D eigenvalue weighted by atomic mass is 32.1. The van der Waals surface area contributed by atoms with Gasteiger partial charge in [-0.1, -0.05) is 12.8 Å². The first-order chi connectivity index (χ1) is 13.8. The second-order valence-corrected chi connectivity index (χ2v) is 8.69. The fourth-order valence-corrected chi connectivity index (χ4v) is 5.41. The van der Waals surface area contributed by atoms with Gasteiger partial charge in [0.2, 0.25) is 11.8 Å². The third-order valence-corrected chi connectivity index (χ3v) is 6.63. The number of nitrogens with zero attached hydrogens (tertiary/aromatic N) is 3. The standard InChI is InChI=1S/C20H24N4O4S/c1-12(2)23-18(26)20(17(25)21-19(23)29)11-13-10-14(24(27)28)7-8-15(13)22-9-5-3-4-6-16(20)22/h7-8,10,12,16H,3-6,9,11H2,1-2H3,(H,21,25,29)/t16-,20-/m1/s1. The normalized spacial score (nSPS) is 26.9. The van der Waals surface area contributed by atoms with Crippen LogP contribution in [0.3, 0.4) is 0 Å². The minimum atomic E-state index is -1.33. The molecule has 29 heavy (non-hydrogen) atoms. The zero-order chi connectivity index (χ0) is 20.9. The maximum atomic E-state index is 13.8. The molecular formula is C20H24N4O4S. The van der Waals surface area contributed by atoms with Crippen LogP contribution in [0.15, 0.2) is 18.2 Å². The summed E-state index contributed by atoms with van der Waals surface area (Å²) in [6.45, 7) is 4.44. The monoisotopic (exact) mass is 416 g/mol. The third-order valence-electron chi connectivity index (χ3n) is 6.34. The molecule has 8 nitrogen and oxygen atoms in total. The summed E-state index contributed by atoms with van der Waals surface area (Å²) in [5.41, 5.74) is 0.182. The van der Waals surface area contributed by atoms with Crippen molar-refractivity contribution < 1.29 is 14.5 Å². The smallest absolute Gasteiger partial charge is 0.269 e. The highest BCUT2D eigenvalue weighted by Gasteiger charge is 2.61. The molecule has 3 heterocycles. The molecule has 3 aliphatic rings. The molecule has 2 amide bonds. The van der Waals surface area contributed by atoms with E-state index in [1.165, 1.54) is 17.0 Å². The van der Waals surface area contributed by atoms with Crippen molar-refractivity contribution in [3.05, 3.63) is 33.9 Å². The molecule has 1 aromatic carbocycles. The van der Waals surface area contributed by atoms with Crippen LogP contribution in [0, 0.1) is 15.5 Å². The molecule has 1 spiro atoms.